The van der Waals surface area contributed by atoms with Crippen LogP contribution in [0.3, 0.4) is 0 Å². The molecule has 1 N–H and O–H groups in total. The summed E-state index contributed by atoms with van der Waals surface area (Å²) in [6.45, 7) is 10.7. The van der Waals surface area contributed by atoms with Gasteiger partial charge in [0.15, 0.2) is 8.32 Å². The minimum absolute atomic E-state index is 0.0978. The molecule has 0 spiro atoms. The van der Waals surface area contributed by atoms with Crippen LogP contribution in [-0.4, -0.2) is 32.6 Å². The first kappa shape index (κ1) is 25.6. The van der Waals surface area contributed by atoms with E-state index in [9.17, 15) is 9.90 Å². The minimum atomic E-state index is -1.78. The Balaban J connectivity index is 2.69. The second-order valence-electron chi connectivity index (χ2n) is 8.02. The van der Waals surface area contributed by atoms with Gasteiger partial charge in [0.2, 0.25) is 0 Å². The lowest BCUT2D eigenvalue weighted by Crippen LogP contribution is -2.40. The molecule has 0 amide bonds. The predicted octanol–water partition coefficient (Wildman–Crippen LogP) is 6.10. The highest BCUT2D eigenvalue weighted by Crippen LogP contribution is 2.27. The van der Waals surface area contributed by atoms with Crippen LogP contribution in [0.5, 0.6) is 0 Å². The monoisotopic (exact) mass is 420 g/mol. The number of hydrogen-bond donors (Lipinski definition) is 1. The third kappa shape index (κ3) is 8.85. The first-order chi connectivity index (χ1) is 13.8. The van der Waals surface area contributed by atoms with Crippen LogP contribution in [0.2, 0.25) is 18.1 Å². The molecule has 0 saturated carbocycles. The van der Waals surface area contributed by atoms with Gasteiger partial charge in [-0.25, -0.2) is 0 Å². The lowest BCUT2D eigenvalue weighted by molar-refractivity contribution is -0.142. The van der Waals surface area contributed by atoms with E-state index in [-0.39, 0.29) is 12.1 Å². The van der Waals surface area contributed by atoms with Gasteiger partial charge in [-0.2, -0.15) is 0 Å². The molecule has 0 radical (unpaired) electrons. The van der Waals surface area contributed by atoms with Crippen molar-refractivity contribution >= 4 is 14.3 Å². The Morgan fingerprint density at radius 2 is 1.72 bits per heavy atom. The lowest BCUT2D eigenvalue weighted by Gasteiger charge is -2.33. The molecule has 2 atom stereocenters. The second kappa shape index (κ2) is 13.0. The van der Waals surface area contributed by atoms with Crippen molar-refractivity contribution in [2.24, 2.45) is 0 Å². The summed E-state index contributed by atoms with van der Waals surface area (Å²) in [6, 6.07) is 11.2. The van der Waals surface area contributed by atoms with E-state index in [4.69, 9.17) is 9.16 Å². The van der Waals surface area contributed by atoms with Gasteiger partial charge >= 0.3 is 5.97 Å². The number of aryl methyl sites for hydroxylation is 1. The smallest absolute Gasteiger partial charge is 0.308 e. The van der Waals surface area contributed by atoms with Gasteiger partial charge in [0.1, 0.15) is 0 Å². The average Bonchev–Trinajstić information content (AvgIpc) is 2.74. The molecule has 0 fully saturated rings. The maximum atomic E-state index is 11.9. The van der Waals surface area contributed by atoms with Crippen molar-refractivity contribution in [2.75, 3.05) is 7.11 Å². The number of aliphatic hydroxyl groups is 1. The number of benzene rings is 1. The number of carbonyl (C=O) groups excluding carboxylic acids is 1. The molecule has 1 aromatic carbocycles. The maximum Gasteiger partial charge on any atom is 0.308 e. The third-order valence-corrected chi connectivity index (χ3v) is 10.7. The van der Waals surface area contributed by atoms with E-state index >= 15 is 0 Å². The number of ether oxygens (including phenoxy) is 1. The van der Waals surface area contributed by atoms with Crippen molar-refractivity contribution in [3.63, 3.8) is 0 Å². The van der Waals surface area contributed by atoms with Crippen LogP contribution in [0.4, 0.5) is 0 Å². The number of methoxy groups -OCH3 is 1. The Morgan fingerprint density at radius 3 is 2.24 bits per heavy atom. The van der Waals surface area contributed by atoms with Gasteiger partial charge in [0.05, 0.1) is 25.7 Å². The van der Waals surface area contributed by atoms with Gasteiger partial charge in [-0.15, -0.1) is 0 Å². The summed E-state index contributed by atoms with van der Waals surface area (Å²) in [5, 5.41) is 10.4. The van der Waals surface area contributed by atoms with E-state index < -0.39 is 14.4 Å². The highest BCUT2D eigenvalue weighted by atomic mass is 28.4. The number of hydrogen-bond acceptors (Lipinski definition) is 4. The fraction of sp³-hybridized carbons (Fsp3) is 0.625. The number of carbonyl (C=O) groups is 1. The number of esters is 1. The molecule has 0 bridgehead atoms. The van der Waals surface area contributed by atoms with Crippen LogP contribution >= 0.6 is 0 Å². The maximum absolute atomic E-state index is 11.9. The topological polar surface area (TPSA) is 55.8 Å². The molecule has 0 heterocycles. The van der Waals surface area contributed by atoms with E-state index in [1.807, 2.05) is 31.2 Å². The van der Waals surface area contributed by atoms with Crippen LogP contribution in [0.1, 0.15) is 70.6 Å². The Hall–Kier alpha value is -1.43. The molecule has 4 nitrogen and oxygen atoms in total. The molecule has 0 aliphatic heterocycles. The molecular weight excluding hydrogens is 380 g/mol. The van der Waals surface area contributed by atoms with Gasteiger partial charge < -0.3 is 14.3 Å². The van der Waals surface area contributed by atoms with Gasteiger partial charge in [-0.1, -0.05) is 62.2 Å². The largest absolute Gasteiger partial charge is 0.469 e. The highest BCUT2D eigenvalue weighted by Gasteiger charge is 2.32. The van der Waals surface area contributed by atoms with Crippen molar-refractivity contribution in [2.45, 2.75) is 90.6 Å². The van der Waals surface area contributed by atoms with Crippen LogP contribution in [0, 0.1) is 6.92 Å². The number of allylic oxidation sites excluding steroid dienone is 1. The standard InChI is InChI=1S/C24H40O4Si/c1-7-29(8-2,9-3)28-22(18-24(26)27-6)16-12-20(5)13-17-23(25)21-14-10-19(4)11-15-21/h10-11,13-15,22-23,25H,7-9,12,16-18H2,1-6H3/b20-13-. The van der Waals surface area contributed by atoms with Crippen LogP contribution in [0.25, 0.3) is 0 Å². The molecule has 1 aromatic rings. The normalized spacial score (nSPS) is 14.5. The van der Waals surface area contributed by atoms with Crippen LogP contribution < -0.4 is 0 Å². The number of aliphatic hydroxyl groups excluding tert-OH is 1. The second-order valence-corrected chi connectivity index (χ2v) is 12.7. The molecule has 1 rings (SSSR count). The molecule has 0 aromatic heterocycles. The van der Waals surface area contributed by atoms with E-state index in [0.717, 1.165) is 36.5 Å². The zero-order valence-corrected chi connectivity index (χ0v) is 20.2. The summed E-state index contributed by atoms with van der Waals surface area (Å²) in [4.78, 5) is 11.9. The zero-order valence-electron chi connectivity index (χ0n) is 19.2. The summed E-state index contributed by atoms with van der Waals surface area (Å²) >= 11 is 0. The molecule has 164 valence electrons. The Bertz CT molecular complexity index is 627. The summed E-state index contributed by atoms with van der Waals surface area (Å²) in [6.07, 6.45) is 4.06. The van der Waals surface area contributed by atoms with Crippen molar-refractivity contribution in [3.8, 4) is 0 Å². The first-order valence-electron chi connectivity index (χ1n) is 10.9. The van der Waals surface area contributed by atoms with Crippen molar-refractivity contribution in [1.82, 2.24) is 0 Å². The molecular formula is C24H40O4Si. The summed E-state index contributed by atoms with van der Waals surface area (Å²) in [5.41, 5.74) is 3.35. The molecule has 0 aliphatic carbocycles. The molecule has 2 unspecified atom stereocenters. The van der Waals surface area contributed by atoms with Crippen molar-refractivity contribution < 1.29 is 19.1 Å². The van der Waals surface area contributed by atoms with Crippen LogP contribution in [-0.2, 0) is 14.0 Å². The van der Waals surface area contributed by atoms with Gasteiger partial charge in [-0.05, 0) is 56.8 Å². The first-order valence-corrected chi connectivity index (χ1v) is 13.5. The Labute approximate surface area is 178 Å². The van der Waals surface area contributed by atoms with Crippen molar-refractivity contribution in [3.05, 3.63) is 47.0 Å². The van der Waals surface area contributed by atoms with Crippen LogP contribution in [0.15, 0.2) is 35.9 Å². The van der Waals surface area contributed by atoms with Gasteiger partial charge in [0, 0.05) is 0 Å². The fourth-order valence-corrected chi connectivity index (χ4v) is 6.46. The van der Waals surface area contributed by atoms with E-state index in [1.54, 1.807) is 0 Å². The van der Waals surface area contributed by atoms with Crippen molar-refractivity contribution in [1.29, 1.82) is 0 Å². The average molecular weight is 421 g/mol. The van der Waals surface area contributed by atoms with Gasteiger partial charge in [-0.3, -0.25) is 4.79 Å². The quantitative estimate of drug-likeness (QED) is 0.238. The summed E-state index contributed by atoms with van der Waals surface area (Å²) in [5.74, 6) is -0.211. The SMILES string of the molecule is CC[Si](CC)(CC)OC(CC/C(C)=C\CC(O)c1ccc(C)cc1)CC(=O)OC. The Kier molecular flexibility index (Phi) is 11.5. The van der Waals surface area contributed by atoms with E-state index in [0.29, 0.717) is 12.8 Å². The fourth-order valence-electron chi connectivity index (χ4n) is 3.55. The molecule has 5 heteroatoms. The van der Waals surface area contributed by atoms with E-state index in [1.165, 1.54) is 18.2 Å². The Morgan fingerprint density at radius 1 is 1.14 bits per heavy atom. The van der Waals surface area contributed by atoms with E-state index in [2.05, 4.69) is 33.8 Å². The van der Waals surface area contributed by atoms with Gasteiger partial charge in [0.25, 0.3) is 0 Å². The lowest BCUT2D eigenvalue weighted by atomic mass is 10.0. The zero-order chi connectivity index (χ0) is 21.9. The summed E-state index contributed by atoms with van der Waals surface area (Å²) in [7, 11) is -0.353. The summed E-state index contributed by atoms with van der Waals surface area (Å²) < 4.78 is 11.5. The molecule has 0 aliphatic rings. The molecule has 0 saturated heterocycles. The third-order valence-electron chi connectivity index (χ3n) is 5.98. The molecule has 29 heavy (non-hydrogen) atoms. The number of rotatable bonds is 13. The highest BCUT2D eigenvalue weighted by molar-refractivity contribution is 6.73. The predicted molar refractivity (Wildman–Crippen MR) is 122 cm³/mol. The minimum Gasteiger partial charge on any atom is -0.469 e.